The average Bonchev–Trinajstić information content (AvgIpc) is 3.30. The lowest BCUT2D eigenvalue weighted by molar-refractivity contribution is -0.138. The van der Waals surface area contributed by atoms with Crippen LogP contribution in [0.25, 0.3) is 0 Å². The Morgan fingerprint density at radius 3 is 3.08 bits per heavy atom. The van der Waals surface area contributed by atoms with E-state index >= 15 is 0 Å². The Hall–Kier alpha value is -2.21. The van der Waals surface area contributed by atoms with Gasteiger partial charge in [-0.25, -0.2) is 4.98 Å². The topological polar surface area (TPSA) is 71.1 Å². The van der Waals surface area contributed by atoms with E-state index < -0.39 is 0 Å². The second-order valence-electron chi connectivity index (χ2n) is 6.83. The van der Waals surface area contributed by atoms with E-state index in [1.54, 1.807) is 0 Å². The summed E-state index contributed by atoms with van der Waals surface area (Å²) < 4.78 is 5.77. The van der Waals surface area contributed by atoms with Crippen LogP contribution in [-0.4, -0.2) is 45.7 Å². The van der Waals surface area contributed by atoms with Gasteiger partial charge in [-0.05, 0) is 36.0 Å². The molecule has 0 unspecified atom stereocenters. The first kappa shape index (κ1) is 16.3. The maximum absolute atomic E-state index is 12.7. The highest BCUT2D eigenvalue weighted by Gasteiger charge is 2.28. The number of rotatable bonds is 4. The molecule has 6 nitrogen and oxygen atoms in total. The van der Waals surface area contributed by atoms with Crippen molar-refractivity contribution in [3.63, 3.8) is 0 Å². The molecule has 1 fully saturated rings. The molecule has 0 radical (unpaired) electrons. The summed E-state index contributed by atoms with van der Waals surface area (Å²) in [5, 5.41) is 7.14. The largest absolute Gasteiger partial charge is 0.366 e. The molecular formula is C19H24N4O2. The highest BCUT2D eigenvalue weighted by Crippen LogP contribution is 2.24. The molecule has 6 heteroatoms. The number of amides is 1. The number of nitrogens with one attached hydrogen (secondary N) is 1. The maximum atomic E-state index is 12.7. The molecule has 1 aromatic heterocycles. The van der Waals surface area contributed by atoms with Gasteiger partial charge < -0.3 is 9.64 Å². The smallest absolute Gasteiger partial charge is 0.227 e. The molecule has 1 saturated heterocycles. The van der Waals surface area contributed by atoms with E-state index in [0.717, 1.165) is 24.2 Å². The SMILES string of the molecule is CCc1nc([C@H]2CN(C(=O)Cc3ccc4c(c3)CCC4)CCO2)n[nH]1. The maximum Gasteiger partial charge on any atom is 0.227 e. The molecule has 2 heterocycles. The predicted octanol–water partition coefficient (Wildman–Crippen LogP) is 2.00. The van der Waals surface area contributed by atoms with Crippen LogP contribution in [0.1, 0.15) is 47.8 Å². The summed E-state index contributed by atoms with van der Waals surface area (Å²) in [5.41, 5.74) is 3.97. The van der Waals surface area contributed by atoms with Gasteiger partial charge in [-0.2, -0.15) is 5.10 Å². The van der Waals surface area contributed by atoms with Crippen LogP contribution >= 0.6 is 0 Å². The molecule has 1 atom stereocenters. The number of carbonyl (C=O) groups is 1. The minimum atomic E-state index is -0.241. The van der Waals surface area contributed by atoms with Gasteiger partial charge in [0.15, 0.2) is 5.82 Å². The molecule has 0 saturated carbocycles. The summed E-state index contributed by atoms with van der Waals surface area (Å²) in [6.45, 7) is 3.70. The minimum Gasteiger partial charge on any atom is -0.366 e. The number of aryl methyl sites for hydroxylation is 3. The lowest BCUT2D eigenvalue weighted by Gasteiger charge is -2.31. The zero-order chi connectivity index (χ0) is 17.2. The standard InChI is InChI=1S/C19H24N4O2/c1-2-17-20-19(22-21-17)16-12-23(8-9-25-16)18(24)11-13-6-7-14-4-3-5-15(14)10-13/h6-7,10,16H,2-5,8-9,11-12H2,1H3,(H,20,21,22)/t16-/m1/s1. The third-order valence-electron chi connectivity index (χ3n) is 5.11. The number of aromatic amines is 1. The average molecular weight is 340 g/mol. The van der Waals surface area contributed by atoms with Crippen LogP contribution in [0, 0.1) is 0 Å². The van der Waals surface area contributed by atoms with Gasteiger partial charge in [-0.1, -0.05) is 25.1 Å². The van der Waals surface area contributed by atoms with Crippen molar-refractivity contribution in [1.29, 1.82) is 0 Å². The molecule has 132 valence electrons. The molecule has 1 aliphatic heterocycles. The van der Waals surface area contributed by atoms with Crippen LogP contribution in [-0.2, 0) is 35.2 Å². The number of carbonyl (C=O) groups excluding carboxylic acids is 1. The summed E-state index contributed by atoms with van der Waals surface area (Å²) >= 11 is 0. The van der Waals surface area contributed by atoms with Crippen LogP contribution in [0.5, 0.6) is 0 Å². The van der Waals surface area contributed by atoms with Crippen molar-refractivity contribution in [2.75, 3.05) is 19.7 Å². The van der Waals surface area contributed by atoms with E-state index in [1.807, 2.05) is 11.8 Å². The highest BCUT2D eigenvalue weighted by atomic mass is 16.5. The molecule has 0 spiro atoms. The van der Waals surface area contributed by atoms with Crippen LogP contribution in [0.3, 0.4) is 0 Å². The highest BCUT2D eigenvalue weighted by molar-refractivity contribution is 5.79. The third-order valence-corrected chi connectivity index (χ3v) is 5.11. The number of fused-ring (bicyclic) bond motifs is 1. The summed E-state index contributed by atoms with van der Waals surface area (Å²) in [5.74, 6) is 1.64. The first-order valence-electron chi connectivity index (χ1n) is 9.14. The Bertz CT molecular complexity index is 771. The summed E-state index contributed by atoms with van der Waals surface area (Å²) in [4.78, 5) is 19.0. The third kappa shape index (κ3) is 3.44. The summed E-state index contributed by atoms with van der Waals surface area (Å²) in [7, 11) is 0. The monoisotopic (exact) mass is 340 g/mol. The van der Waals surface area contributed by atoms with E-state index in [9.17, 15) is 4.79 Å². The molecule has 2 aromatic rings. The Morgan fingerprint density at radius 1 is 1.36 bits per heavy atom. The Morgan fingerprint density at radius 2 is 2.24 bits per heavy atom. The lowest BCUT2D eigenvalue weighted by Crippen LogP contribution is -2.43. The molecular weight excluding hydrogens is 316 g/mol. The van der Waals surface area contributed by atoms with Crippen LogP contribution in [0.15, 0.2) is 18.2 Å². The normalized spacial score (nSPS) is 19.9. The van der Waals surface area contributed by atoms with E-state index in [-0.39, 0.29) is 12.0 Å². The van der Waals surface area contributed by atoms with Crippen molar-refractivity contribution in [3.8, 4) is 0 Å². The van der Waals surface area contributed by atoms with Crippen molar-refractivity contribution in [3.05, 3.63) is 46.5 Å². The minimum absolute atomic E-state index is 0.150. The van der Waals surface area contributed by atoms with Gasteiger partial charge >= 0.3 is 0 Å². The van der Waals surface area contributed by atoms with Crippen molar-refractivity contribution in [2.24, 2.45) is 0 Å². The number of hydrogen-bond donors (Lipinski definition) is 1. The fourth-order valence-electron chi connectivity index (χ4n) is 3.67. The van der Waals surface area contributed by atoms with Gasteiger partial charge in [0, 0.05) is 13.0 Å². The number of morpholine rings is 1. The van der Waals surface area contributed by atoms with E-state index in [0.29, 0.717) is 31.9 Å². The van der Waals surface area contributed by atoms with Gasteiger partial charge in [0.05, 0.1) is 19.6 Å². The fraction of sp³-hybridized carbons (Fsp3) is 0.526. The Labute approximate surface area is 147 Å². The van der Waals surface area contributed by atoms with Gasteiger partial charge in [-0.3, -0.25) is 9.89 Å². The number of H-pyrrole nitrogens is 1. The van der Waals surface area contributed by atoms with Crippen molar-refractivity contribution in [2.45, 2.75) is 45.1 Å². The quantitative estimate of drug-likeness (QED) is 0.924. The van der Waals surface area contributed by atoms with E-state index in [4.69, 9.17) is 4.74 Å². The molecule has 25 heavy (non-hydrogen) atoms. The van der Waals surface area contributed by atoms with Crippen molar-refractivity contribution in [1.82, 2.24) is 20.1 Å². The second kappa shape index (κ2) is 6.96. The summed E-state index contributed by atoms with van der Waals surface area (Å²) in [6.07, 6.45) is 4.56. The van der Waals surface area contributed by atoms with Crippen LogP contribution in [0.4, 0.5) is 0 Å². The number of hydrogen-bond acceptors (Lipinski definition) is 4. The number of nitrogens with zero attached hydrogens (tertiary/aromatic N) is 3. The molecule has 1 N–H and O–H groups in total. The molecule has 1 aromatic carbocycles. The predicted molar refractivity (Wildman–Crippen MR) is 93.2 cm³/mol. The van der Waals surface area contributed by atoms with Crippen LogP contribution in [0.2, 0.25) is 0 Å². The zero-order valence-electron chi connectivity index (χ0n) is 14.6. The number of aromatic nitrogens is 3. The fourth-order valence-corrected chi connectivity index (χ4v) is 3.67. The Balaban J connectivity index is 1.41. The van der Waals surface area contributed by atoms with E-state index in [2.05, 4.69) is 33.4 Å². The van der Waals surface area contributed by atoms with Gasteiger partial charge in [0.25, 0.3) is 0 Å². The van der Waals surface area contributed by atoms with Crippen molar-refractivity contribution < 1.29 is 9.53 Å². The molecule has 1 aliphatic carbocycles. The molecule has 0 bridgehead atoms. The molecule has 1 amide bonds. The van der Waals surface area contributed by atoms with Crippen LogP contribution < -0.4 is 0 Å². The Kier molecular flexibility index (Phi) is 4.53. The second-order valence-corrected chi connectivity index (χ2v) is 6.83. The first-order chi connectivity index (χ1) is 12.2. The summed E-state index contributed by atoms with van der Waals surface area (Å²) in [6, 6.07) is 6.50. The number of ether oxygens (including phenoxy) is 1. The molecule has 4 rings (SSSR count). The van der Waals surface area contributed by atoms with E-state index in [1.165, 1.54) is 24.0 Å². The first-order valence-corrected chi connectivity index (χ1v) is 9.14. The van der Waals surface area contributed by atoms with Gasteiger partial charge in [0.1, 0.15) is 11.9 Å². The lowest BCUT2D eigenvalue weighted by atomic mass is 10.0. The molecule has 2 aliphatic rings. The van der Waals surface area contributed by atoms with Crippen molar-refractivity contribution >= 4 is 5.91 Å². The zero-order valence-corrected chi connectivity index (χ0v) is 14.6. The van der Waals surface area contributed by atoms with Gasteiger partial charge in [0.2, 0.25) is 5.91 Å². The van der Waals surface area contributed by atoms with Gasteiger partial charge in [-0.15, -0.1) is 0 Å². The number of benzene rings is 1.